The topological polar surface area (TPSA) is 74.8 Å². The molecule has 2 saturated heterocycles. The van der Waals surface area contributed by atoms with E-state index in [1.807, 2.05) is 22.7 Å². The summed E-state index contributed by atoms with van der Waals surface area (Å²) in [6.07, 6.45) is 10.2. The van der Waals surface area contributed by atoms with E-state index in [0.717, 1.165) is 61.3 Å². The van der Waals surface area contributed by atoms with Crippen molar-refractivity contribution in [3.8, 4) is 6.07 Å². The van der Waals surface area contributed by atoms with E-state index >= 15 is 0 Å². The second-order valence-electron chi connectivity index (χ2n) is 7.09. The maximum Gasteiger partial charge on any atom is 0.252 e. The Morgan fingerprint density at radius 1 is 1.22 bits per heavy atom. The molecule has 6 nitrogen and oxygen atoms in total. The minimum Gasteiger partial charge on any atom is -0.339 e. The second kappa shape index (κ2) is 8.13. The van der Waals surface area contributed by atoms with Crippen molar-refractivity contribution in [2.24, 2.45) is 5.92 Å². The van der Waals surface area contributed by atoms with Gasteiger partial charge in [0.25, 0.3) is 5.91 Å². The van der Waals surface area contributed by atoms with Crippen LogP contribution >= 0.6 is 11.8 Å². The molecular weight excluding hydrogens is 358 g/mol. The van der Waals surface area contributed by atoms with E-state index in [2.05, 4.69) is 16.0 Å². The summed E-state index contributed by atoms with van der Waals surface area (Å²) in [7, 11) is 0. The van der Waals surface area contributed by atoms with Crippen LogP contribution in [0.15, 0.2) is 30.4 Å². The van der Waals surface area contributed by atoms with Gasteiger partial charge < -0.3 is 4.90 Å². The van der Waals surface area contributed by atoms with Crippen molar-refractivity contribution < 1.29 is 4.79 Å². The van der Waals surface area contributed by atoms with Crippen LogP contribution in [-0.4, -0.2) is 49.9 Å². The van der Waals surface area contributed by atoms with Crippen LogP contribution in [0.4, 0.5) is 0 Å². The Hall–Kier alpha value is -2.33. The number of aromatic nitrogens is 3. The van der Waals surface area contributed by atoms with Gasteiger partial charge in [0.1, 0.15) is 23.6 Å². The quantitative estimate of drug-likeness (QED) is 0.602. The monoisotopic (exact) mass is 381 g/mol. The summed E-state index contributed by atoms with van der Waals surface area (Å²) in [5.41, 5.74) is 2.65. The highest BCUT2D eigenvalue weighted by molar-refractivity contribution is 7.99. The van der Waals surface area contributed by atoms with E-state index in [1.165, 1.54) is 6.42 Å². The average molecular weight is 382 g/mol. The predicted molar refractivity (Wildman–Crippen MR) is 107 cm³/mol. The van der Waals surface area contributed by atoms with E-state index in [4.69, 9.17) is 0 Å². The highest BCUT2D eigenvalue weighted by Crippen LogP contribution is 2.34. The van der Waals surface area contributed by atoms with Gasteiger partial charge in [-0.15, -0.1) is 0 Å². The van der Waals surface area contributed by atoms with Crippen LogP contribution in [0.25, 0.3) is 16.7 Å². The summed E-state index contributed by atoms with van der Waals surface area (Å²) < 4.78 is 1.77. The highest BCUT2D eigenvalue weighted by Gasteiger charge is 2.31. The molecule has 2 aromatic rings. The molecule has 0 unspecified atom stereocenters. The number of imidazole rings is 1. The van der Waals surface area contributed by atoms with Gasteiger partial charge in [-0.1, -0.05) is 0 Å². The number of piperidine rings is 1. The molecule has 2 fully saturated rings. The Morgan fingerprint density at radius 2 is 2.00 bits per heavy atom. The van der Waals surface area contributed by atoms with Crippen LogP contribution < -0.4 is 0 Å². The van der Waals surface area contributed by atoms with Gasteiger partial charge in [0.2, 0.25) is 0 Å². The maximum absolute atomic E-state index is 13.5. The lowest BCUT2D eigenvalue weighted by atomic mass is 9.90. The molecule has 4 rings (SSSR count). The first-order chi connectivity index (χ1) is 13.3. The molecule has 1 amide bonds. The number of rotatable bonds is 3. The van der Waals surface area contributed by atoms with Crippen LogP contribution in [0.1, 0.15) is 32.1 Å². The molecule has 0 N–H and O–H groups in total. The van der Waals surface area contributed by atoms with E-state index in [-0.39, 0.29) is 11.8 Å². The summed E-state index contributed by atoms with van der Waals surface area (Å²) >= 11 is 1.92. The number of fused-ring (bicyclic) bond motifs is 1. The molecule has 27 heavy (non-hydrogen) atoms. The summed E-state index contributed by atoms with van der Waals surface area (Å²) in [5, 5.41) is 10.1. The molecule has 140 valence electrons. The molecule has 0 aliphatic carbocycles. The standard InChI is InChI=1S/C20H23N5OS/c21-12-18(25-14-23-16-13-22-7-4-17(16)25)19(15-5-10-27-11-6-15)20(26)24-8-2-1-3-9-24/h4,7,13-15H,1-3,5-6,8-11H2/b19-18+. The van der Waals surface area contributed by atoms with Gasteiger partial charge in [0.15, 0.2) is 0 Å². The van der Waals surface area contributed by atoms with Gasteiger partial charge in [-0.3, -0.25) is 14.3 Å². The SMILES string of the molecule is N#C/C(=C(\C(=O)N1CCCCC1)C1CCSCC1)n1cnc2cnccc21. The fraction of sp³-hybridized carbons (Fsp3) is 0.500. The lowest BCUT2D eigenvalue weighted by Crippen LogP contribution is -2.39. The third kappa shape index (κ3) is 3.59. The second-order valence-corrected chi connectivity index (χ2v) is 8.32. The van der Waals surface area contributed by atoms with E-state index < -0.39 is 0 Å². The zero-order valence-corrected chi connectivity index (χ0v) is 16.1. The number of pyridine rings is 1. The predicted octanol–water partition coefficient (Wildman–Crippen LogP) is 3.32. The van der Waals surface area contributed by atoms with Crippen molar-refractivity contribution in [3.05, 3.63) is 30.4 Å². The Kier molecular flexibility index (Phi) is 5.44. The van der Waals surface area contributed by atoms with Crippen LogP contribution in [0.3, 0.4) is 0 Å². The molecule has 0 saturated carbocycles. The fourth-order valence-corrected chi connectivity index (χ4v) is 5.12. The van der Waals surface area contributed by atoms with Crippen molar-refractivity contribution in [2.45, 2.75) is 32.1 Å². The number of amides is 1. The van der Waals surface area contributed by atoms with Gasteiger partial charge in [-0.2, -0.15) is 17.0 Å². The summed E-state index contributed by atoms with van der Waals surface area (Å²) in [6.45, 7) is 1.58. The van der Waals surface area contributed by atoms with Gasteiger partial charge in [0, 0.05) is 19.3 Å². The van der Waals surface area contributed by atoms with Crippen molar-refractivity contribution in [2.75, 3.05) is 24.6 Å². The number of hydrogen-bond donors (Lipinski definition) is 0. The summed E-state index contributed by atoms with van der Waals surface area (Å²) in [5.74, 6) is 2.25. The first kappa shape index (κ1) is 18.1. The highest BCUT2D eigenvalue weighted by atomic mass is 32.2. The molecule has 0 aromatic carbocycles. The number of nitriles is 1. The van der Waals surface area contributed by atoms with E-state index in [0.29, 0.717) is 11.3 Å². The number of allylic oxidation sites excluding steroid dienone is 1. The Labute approximate surface area is 163 Å². The summed E-state index contributed by atoms with van der Waals surface area (Å²) in [6, 6.07) is 4.19. The molecule has 2 aliphatic rings. The number of likely N-dealkylation sites (tertiary alicyclic amines) is 1. The number of hydrogen-bond acceptors (Lipinski definition) is 5. The maximum atomic E-state index is 13.5. The average Bonchev–Trinajstić information content (AvgIpc) is 3.16. The molecule has 0 atom stereocenters. The van der Waals surface area contributed by atoms with Crippen molar-refractivity contribution in [3.63, 3.8) is 0 Å². The van der Waals surface area contributed by atoms with E-state index in [9.17, 15) is 10.1 Å². The van der Waals surface area contributed by atoms with Crippen molar-refractivity contribution >= 4 is 34.4 Å². The minimum atomic E-state index is 0.0408. The number of thioether (sulfide) groups is 1. The molecule has 0 radical (unpaired) electrons. The van der Waals surface area contributed by atoms with Crippen molar-refractivity contribution in [1.29, 1.82) is 5.26 Å². The van der Waals surface area contributed by atoms with Gasteiger partial charge >= 0.3 is 0 Å². The lowest BCUT2D eigenvalue weighted by Gasteiger charge is -2.32. The summed E-state index contributed by atoms with van der Waals surface area (Å²) in [4.78, 5) is 23.9. The molecule has 2 aromatic heterocycles. The zero-order chi connectivity index (χ0) is 18.6. The zero-order valence-electron chi connectivity index (χ0n) is 15.3. The Bertz CT molecular complexity index is 900. The first-order valence-electron chi connectivity index (χ1n) is 9.58. The van der Waals surface area contributed by atoms with Crippen LogP contribution in [0.5, 0.6) is 0 Å². The molecular formula is C20H23N5OS. The number of carbonyl (C=O) groups excluding carboxylic acids is 1. The Morgan fingerprint density at radius 3 is 2.74 bits per heavy atom. The molecule has 2 aliphatic heterocycles. The van der Waals surface area contributed by atoms with Crippen LogP contribution in [-0.2, 0) is 4.79 Å². The molecule has 4 heterocycles. The minimum absolute atomic E-state index is 0.0408. The fourth-order valence-electron chi connectivity index (χ4n) is 4.01. The lowest BCUT2D eigenvalue weighted by molar-refractivity contribution is -0.128. The first-order valence-corrected chi connectivity index (χ1v) is 10.7. The van der Waals surface area contributed by atoms with Gasteiger partial charge in [0.05, 0.1) is 17.3 Å². The van der Waals surface area contributed by atoms with E-state index in [1.54, 1.807) is 23.3 Å². The van der Waals surface area contributed by atoms with Crippen LogP contribution in [0.2, 0.25) is 0 Å². The van der Waals surface area contributed by atoms with Gasteiger partial charge in [-0.25, -0.2) is 4.98 Å². The molecule has 0 bridgehead atoms. The molecule has 7 heteroatoms. The number of nitrogens with zero attached hydrogens (tertiary/aromatic N) is 5. The molecule has 0 spiro atoms. The Balaban J connectivity index is 1.83. The van der Waals surface area contributed by atoms with Crippen LogP contribution in [0, 0.1) is 17.2 Å². The smallest absolute Gasteiger partial charge is 0.252 e. The van der Waals surface area contributed by atoms with Gasteiger partial charge in [-0.05, 0) is 55.6 Å². The number of carbonyl (C=O) groups is 1. The van der Waals surface area contributed by atoms with Crippen molar-refractivity contribution in [1.82, 2.24) is 19.4 Å². The largest absolute Gasteiger partial charge is 0.339 e. The third-order valence-electron chi connectivity index (χ3n) is 5.45. The third-order valence-corrected chi connectivity index (χ3v) is 6.50. The normalized spacial score (nSPS) is 19.6.